The lowest BCUT2D eigenvalue weighted by Gasteiger charge is -2.25. The van der Waals surface area contributed by atoms with Crippen LogP contribution in [0.1, 0.15) is 128 Å². The molecule has 0 aromatic heterocycles. The Balaban J connectivity index is 0.790. The molecule has 0 saturated carbocycles. The number of hydrogen-bond donors (Lipinski definition) is 0. The van der Waals surface area contributed by atoms with Crippen molar-refractivity contribution in [3.63, 3.8) is 0 Å². The fraction of sp³-hybridized carbons (Fsp3) is 0.833. The van der Waals surface area contributed by atoms with Crippen LogP contribution in [0.2, 0.25) is 0 Å². The largest absolute Gasteiger partial charge is 0.378 e. The van der Waals surface area contributed by atoms with Gasteiger partial charge < -0.3 is 66.6 Å². The Bertz CT molecular complexity index is 1620. The van der Waals surface area contributed by atoms with Gasteiger partial charge in [-0.1, -0.05) is 139 Å². The van der Waals surface area contributed by atoms with Crippen LogP contribution in [0.3, 0.4) is 0 Å². The summed E-state index contributed by atoms with van der Waals surface area (Å²) in [5.41, 5.74) is 2.39. The summed E-state index contributed by atoms with van der Waals surface area (Å²) in [6, 6.07) is 21.0. The molecule has 520 valence electrons. The average Bonchev–Trinajstić information content (AvgIpc) is 3.69. The summed E-state index contributed by atoms with van der Waals surface area (Å²) in [5, 5.41) is 0. The Hall–Kier alpha value is -2.60. The van der Waals surface area contributed by atoms with Gasteiger partial charge in [-0.3, -0.25) is 19.6 Å². The van der Waals surface area contributed by atoms with Gasteiger partial charge in [0.2, 0.25) is 0 Å². The second kappa shape index (κ2) is 58.9. The molecule has 3 aliphatic heterocycles. The zero-order valence-electron chi connectivity index (χ0n) is 56.8. The van der Waals surface area contributed by atoms with Crippen molar-refractivity contribution in [1.29, 1.82) is 0 Å². The Labute approximate surface area is 547 Å². The van der Waals surface area contributed by atoms with Gasteiger partial charge in [-0.2, -0.15) is 0 Å². The van der Waals surface area contributed by atoms with E-state index in [2.05, 4.69) is 90.1 Å². The summed E-state index contributed by atoms with van der Waals surface area (Å²) in [6.45, 7) is 31.2. The smallest absolute Gasteiger partial charge is 0.0701 e. The second-order valence-electron chi connectivity index (χ2n) is 24.4. The highest BCUT2D eigenvalue weighted by atomic mass is 16.5. The van der Waals surface area contributed by atoms with Crippen LogP contribution in [0.25, 0.3) is 0 Å². The van der Waals surface area contributed by atoms with Crippen LogP contribution >= 0.6 is 0 Å². The van der Waals surface area contributed by atoms with Gasteiger partial charge in [0, 0.05) is 89.9 Å². The van der Waals surface area contributed by atoms with E-state index in [-0.39, 0.29) is 0 Å². The van der Waals surface area contributed by atoms with Crippen molar-refractivity contribution in [2.75, 3.05) is 273 Å². The number of para-hydroxylation sites is 2. The first kappa shape index (κ1) is 78.1. The van der Waals surface area contributed by atoms with Crippen LogP contribution < -0.4 is 9.80 Å². The lowest BCUT2D eigenvalue weighted by atomic mass is 10.1. The standard InChI is InChI=1S/C72H130N6O12/c1(3-7-11-15-25-33-75-39-51-83-63-67-87-55-43-77(71-27-19-17-20-28-71)44-56-88-68-64-84-52-40-75)5-9-13-23-31-73-35-47-79-59-61-81-49-37-74(38-50-82-62-60-80-48-36-73)32-24-14-10-6-2-4-8-12-16-26-34-76-41-53-85-65-69-89-57-45-78(72-29-21-18-22-30-72)46-58-90-70-66-86-54-42-76/h17-22,27-30H,1-16,23-26,31-70H2. The van der Waals surface area contributed by atoms with Gasteiger partial charge in [-0.05, 0) is 76.1 Å². The first-order valence-corrected chi connectivity index (χ1v) is 36.3. The second-order valence-corrected chi connectivity index (χ2v) is 24.4. The summed E-state index contributed by atoms with van der Waals surface area (Å²) in [6.07, 6.45) is 26.1. The van der Waals surface area contributed by atoms with Crippen molar-refractivity contribution in [3.05, 3.63) is 60.7 Å². The highest BCUT2D eigenvalue weighted by molar-refractivity contribution is 5.46. The van der Waals surface area contributed by atoms with E-state index in [1.54, 1.807) is 0 Å². The molecule has 0 atom stereocenters. The molecule has 3 fully saturated rings. The molecule has 18 heteroatoms. The van der Waals surface area contributed by atoms with Crippen molar-refractivity contribution >= 4 is 11.4 Å². The normalized spacial score (nSPS) is 20.5. The zero-order chi connectivity index (χ0) is 62.6. The molecule has 3 heterocycles. The minimum Gasteiger partial charge on any atom is -0.378 e. The number of nitrogens with zero attached hydrogens (tertiary/aromatic N) is 6. The third-order valence-corrected chi connectivity index (χ3v) is 17.3. The molecule has 0 amide bonds. The van der Waals surface area contributed by atoms with E-state index < -0.39 is 0 Å². The summed E-state index contributed by atoms with van der Waals surface area (Å²) in [7, 11) is 0. The highest BCUT2D eigenvalue weighted by Gasteiger charge is 2.13. The molecule has 2 aromatic carbocycles. The maximum atomic E-state index is 6.07. The van der Waals surface area contributed by atoms with Gasteiger partial charge in [0.05, 0.1) is 159 Å². The molecule has 0 unspecified atom stereocenters. The van der Waals surface area contributed by atoms with Crippen LogP contribution in [0.4, 0.5) is 11.4 Å². The summed E-state index contributed by atoms with van der Waals surface area (Å²) in [4.78, 5) is 14.7. The average molecular weight is 1270 g/mol. The molecule has 90 heavy (non-hydrogen) atoms. The van der Waals surface area contributed by atoms with E-state index in [4.69, 9.17) is 56.8 Å². The lowest BCUT2D eigenvalue weighted by Crippen LogP contribution is -2.34. The molecular formula is C72H130N6O12. The fourth-order valence-electron chi connectivity index (χ4n) is 11.7. The first-order valence-electron chi connectivity index (χ1n) is 36.3. The van der Waals surface area contributed by atoms with Gasteiger partial charge in [0.15, 0.2) is 0 Å². The third kappa shape index (κ3) is 44.1. The molecule has 3 aliphatic rings. The van der Waals surface area contributed by atoms with E-state index in [0.717, 1.165) is 158 Å². The van der Waals surface area contributed by atoms with Gasteiger partial charge in [0.25, 0.3) is 0 Å². The quantitative estimate of drug-likeness (QED) is 0.0749. The molecule has 5 rings (SSSR count). The maximum Gasteiger partial charge on any atom is 0.0701 e. The predicted octanol–water partition coefficient (Wildman–Crippen LogP) is 10.2. The SMILES string of the molecule is c1ccc(N2CCOCCOCCN(CCCCCCCCCCCCN3CCOCCOCCN(CCCCCCCCCCCCN4CCOCCOCCN(c5ccccc5)CCOCCOCC4)CCOCCOCC3)CCOCCOCC2)cc1. The Kier molecular flexibility index (Phi) is 51.1. The molecular weight excluding hydrogens is 1140 g/mol. The number of benzene rings is 2. The van der Waals surface area contributed by atoms with Crippen molar-refractivity contribution in [2.45, 2.75) is 128 Å². The van der Waals surface area contributed by atoms with Gasteiger partial charge in [0.1, 0.15) is 0 Å². The van der Waals surface area contributed by atoms with Gasteiger partial charge in [-0.25, -0.2) is 0 Å². The summed E-state index contributed by atoms with van der Waals surface area (Å²) < 4.78 is 72.0. The molecule has 0 bridgehead atoms. The minimum atomic E-state index is 0.619. The summed E-state index contributed by atoms with van der Waals surface area (Å²) in [5.74, 6) is 0. The molecule has 0 radical (unpaired) electrons. The highest BCUT2D eigenvalue weighted by Crippen LogP contribution is 2.17. The number of anilines is 2. The van der Waals surface area contributed by atoms with E-state index in [1.807, 2.05) is 0 Å². The maximum absolute atomic E-state index is 6.07. The monoisotopic (exact) mass is 1270 g/mol. The molecule has 2 aromatic rings. The molecule has 0 spiro atoms. The van der Waals surface area contributed by atoms with E-state index in [0.29, 0.717) is 106 Å². The predicted molar refractivity (Wildman–Crippen MR) is 365 cm³/mol. The van der Waals surface area contributed by atoms with Crippen molar-refractivity contribution < 1.29 is 56.8 Å². The van der Waals surface area contributed by atoms with Crippen LogP contribution in [-0.2, 0) is 56.8 Å². The molecule has 3 saturated heterocycles. The summed E-state index contributed by atoms with van der Waals surface area (Å²) >= 11 is 0. The van der Waals surface area contributed by atoms with Crippen LogP contribution in [0, 0.1) is 0 Å². The van der Waals surface area contributed by atoms with Crippen molar-refractivity contribution in [3.8, 4) is 0 Å². The van der Waals surface area contributed by atoms with Crippen LogP contribution in [0.15, 0.2) is 60.7 Å². The van der Waals surface area contributed by atoms with Crippen molar-refractivity contribution in [2.24, 2.45) is 0 Å². The number of ether oxygens (including phenoxy) is 12. The Morgan fingerprint density at radius 1 is 0.178 bits per heavy atom. The van der Waals surface area contributed by atoms with E-state index in [9.17, 15) is 0 Å². The fourth-order valence-corrected chi connectivity index (χ4v) is 11.7. The molecule has 18 nitrogen and oxygen atoms in total. The third-order valence-electron chi connectivity index (χ3n) is 17.3. The number of unbranched alkanes of at least 4 members (excludes halogenated alkanes) is 18. The van der Waals surface area contributed by atoms with Crippen molar-refractivity contribution in [1.82, 2.24) is 19.6 Å². The molecule has 0 N–H and O–H groups in total. The van der Waals surface area contributed by atoms with E-state index >= 15 is 0 Å². The molecule has 0 aliphatic carbocycles. The Morgan fingerprint density at radius 3 is 0.511 bits per heavy atom. The first-order chi connectivity index (χ1) is 44.8. The van der Waals surface area contributed by atoms with E-state index in [1.165, 1.54) is 140 Å². The number of hydrogen-bond acceptors (Lipinski definition) is 18. The van der Waals surface area contributed by atoms with Gasteiger partial charge in [-0.15, -0.1) is 0 Å². The van der Waals surface area contributed by atoms with Crippen LogP contribution in [-0.4, -0.2) is 283 Å². The van der Waals surface area contributed by atoms with Crippen LogP contribution in [0.5, 0.6) is 0 Å². The topological polar surface area (TPSA) is 130 Å². The lowest BCUT2D eigenvalue weighted by molar-refractivity contribution is 0.00776. The Morgan fingerprint density at radius 2 is 0.333 bits per heavy atom. The zero-order valence-corrected chi connectivity index (χ0v) is 56.8. The minimum absolute atomic E-state index is 0.619. The number of rotatable bonds is 28. The van der Waals surface area contributed by atoms with Gasteiger partial charge >= 0.3 is 0 Å².